The summed E-state index contributed by atoms with van der Waals surface area (Å²) >= 11 is 0. The summed E-state index contributed by atoms with van der Waals surface area (Å²) in [6.45, 7) is 4.79. The third kappa shape index (κ3) is 10.3. The number of carboxylic acid groups (broad SMARTS) is 2. The van der Waals surface area contributed by atoms with Crippen LogP contribution >= 0.6 is 0 Å². The van der Waals surface area contributed by atoms with Gasteiger partial charge in [-0.15, -0.1) is 0 Å². The van der Waals surface area contributed by atoms with Crippen molar-refractivity contribution in [3.63, 3.8) is 0 Å². The number of rotatable bonds is 14. The quantitative estimate of drug-likeness (QED) is 0.147. The average Bonchev–Trinajstić information content (AvgIpc) is 2.77. The second kappa shape index (κ2) is 14.0. The Labute approximate surface area is 208 Å². The van der Waals surface area contributed by atoms with E-state index < -0.39 is 66.4 Å². The summed E-state index contributed by atoms with van der Waals surface area (Å²) in [6.07, 6.45) is -2.13. The number of hydrogen-bond donors (Lipinski definition) is 8. The smallest absolute Gasteiger partial charge is 0.326 e. The average molecular weight is 511 g/mol. The van der Waals surface area contributed by atoms with E-state index in [2.05, 4.69) is 16.0 Å². The first-order valence-electron chi connectivity index (χ1n) is 11.3. The lowest BCUT2D eigenvalue weighted by atomic mass is 10.0. The lowest BCUT2D eigenvalue weighted by molar-refractivity contribution is -0.143. The topological polar surface area (TPSA) is 228 Å². The molecule has 0 aliphatic rings. The van der Waals surface area contributed by atoms with Crippen LogP contribution in [0.25, 0.3) is 0 Å². The van der Waals surface area contributed by atoms with Crippen molar-refractivity contribution in [3.8, 4) is 5.75 Å². The van der Waals surface area contributed by atoms with Crippen LogP contribution in [0.15, 0.2) is 24.3 Å². The Morgan fingerprint density at radius 1 is 0.833 bits per heavy atom. The molecule has 13 nitrogen and oxygen atoms in total. The number of hydrogen-bond acceptors (Lipinski definition) is 8. The number of nitrogens with two attached hydrogens (primary N) is 1. The van der Waals surface area contributed by atoms with E-state index in [1.54, 1.807) is 13.8 Å². The molecule has 3 amide bonds. The van der Waals surface area contributed by atoms with Gasteiger partial charge in [0.15, 0.2) is 0 Å². The van der Waals surface area contributed by atoms with Crippen LogP contribution in [0.1, 0.15) is 39.2 Å². The van der Waals surface area contributed by atoms with E-state index in [0.717, 1.165) is 0 Å². The fourth-order valence-electron chi connectivity index (χ4n) is 3.19. The molecule has 36 heavy (non-hydrogen) atoms. The highest BCUT2D eigenvalue weighted by Crippen LogP contribution is 2.13. The normalized spacial score (nSPS) is 15.2. The SMILES string of the molecule is CC(C)CC(NC(=O)C(Cc1ccc(O)cc1)NC(=O)C(CC(=O)O)NC(=O)C(N)C(C)O)C(=O)O. The largest absolute Gasteiger partial charge is 0.508 e. The molecule has 0 heterocycles. The molecule has 0 aliphatic carbocycles. The van der Waals surface area contributed by atoms with Gasteiger partial charge in [-0.25, -0.2) is 4.79 Å². The van der Waals surface area contributed by atoms with E-state index >= 15 is 0 Å². The molecular formula is C23H34N4O9. The standard InChI is InChI=1S/C23H34N4O9/c1-11(2)8-17(23(35)36)27-20(32)15(9-13-4-6-14(29)7-5-13)25-21(33)16(10-18(30)31)26-22(34)19(24)12(3)28/h4-7,11-12,15-17,19,28-29H,8-10,24H2,1-3H3,(H,25,33)(H,26,34)(H,27,32)(H,30,31)(H,35,36). The van der Waals surface area contributed by atoms with Crippen LogP contribution in [0.2, 0.25) is 0 Å². The van der Waals surface area contributed by atoms with Crippen molar-refractivity contribution in [2.45, 2.75) is 70.3 Å². The number of nitrogens with one attached hydrogen (secondary N) is 3. The number of aliphatic hydroxyl groups is 1. The van der Waals surface area contributed by atoms with Gasteiger partial charge >= 0.3 is 11.9 Å². The van der Waals surface area contributed by atoms with Gasteiger partial charge in [0, 0.05) is 6.42 Å². The van der Waals surface area contributed by atoms with Crippen molar-refractivity contribution in [1.82, 2.24) is 16.0 Å². The maximum absolute atomic E-state index is 13.0. The Morgan fingerprint density at radius 2 is 1.33 bits per heavy atom. The van der Waals surface area contributed by atoms with Gasteiger partial charge < -0.3 is 42.1 Å². The Bertz CT molecular complexity index is 934. The first-order valence-corrected chi connectivity index (χ1v) is 11.3. The van der Waals surface area contributed by atoms with Gasteiger partial charge in [-0.05, 0) is 37.0 Å². The number of aliphatic hydroxyl groups excluding tert-OH is 1. The molecule has 0 saturated carbocycles. The molecular weight excluding hydrogens is 476 g/mol. The minimum Gasteiger partial charge on any atom is -0.508 e. The number of carbonyl (C=O) groups is 5. The van der Waals surface area contributed by atoms with Crippen molar-refractivity contribution < 1.29 is 44.4 Å². The Hall–Kier alpha value is -3.71. The van der Waals surface area contributed by atoms with E-state index in [9.17, 15) is 44.4 Å². The van der Waals surface area contributed by atoms with Gasteiger partial charge in [0.2, 0.25) is 17.7 Å². The third-order valence-corrected chi connectivity index (χ3v) is 5.17. The predicted octanol–water partition coefficient (Wildman–Crippen LogP) is -1.30. The highest BCUT2D eigenvalue weighted by Gasteiger charge is 2.32. The van der Waals surface area contributed by atoms with E-state index in [-0.39, 0.29) is 24.5 Å². The Kier molecular flexibility index (Phi) is 11.8. The zero-order valence-corrected chi connectivity index (χ0v) is 20.3. The van der Waals surface area contributed by atoms with Crippen LogP contribution in [0.4, 0.5) is 0 Å². The Balaban J connectivity index is 3.18. The van der Waals surface area contributed by atoms with Gasteiger partial charge in [-0.2, -0.15) is 0 Å². The molecule has 0 saturated heterocycles. The third-order valence-electron chi connectivity index (χ3n) is 5.17. The zero-order valence-electron chi connectivity index (χ0n) is 20.3. The van der Waals surface area contributed by atoms with Gasteiger partial charge in [0.1, 0.15) is 29.9 Å². The fraction of sp³-hybridized carbons (Fsp3) is 0.522. The summed E-state index contributed by atoms with van der Waals surface area (Å²) in [5, 5.41) is 44.5. The number of carboxylic acids is 2. The highest BCUT2D eigenvalue weighted by atomic mass is 16.4. The molecule has 0 fully saturated rings. The molecule has 5 atom stereocenters. The summed E-state index contributed by atoms with van der Waals surface area (Å²) in [6, 6.07) is 0.0280. The van der Waals surface area contributed by atoms with Crippen LogP contribution in [0.5, 0.6) is 5.75 Å². The first kappa shape index (κ1) is 30.3. The van der Waals surface area contributed by atoms with Crippen LogP contribution in [0.3, 0.4) is 0 Å². The molecule has 9 N–H and O–H groups in total. The monoisotopic (exact) mass is 510 g/mol. The number of aliphatic carboxylic acids is 2. The maximum atomic E-state index is 13.0. The van der Waals surface area contributed by atoms with Gasteiger partial charge in [-0.3, -0.25) is 19.2 Å². The van der Waals surface area contributed by atoms with Crippen LogP contribution < -0.4 is 21.7 Å². The first-order chi connectivity index (χ1) is 16.7. The lowest BCUT2D eigenvalue weighted by Gasteiger charge is -2.25. The minimum absolute atomic E-state index is 0.0367. The van der Waals surface area contributed by atoms with Gasteiger partial charge in [-0.1, -0.05) is 26.0 Å². The molecule has 5 unspecified atom stereocenters. The summed E-state index contributed by atoms with van der Waals surface area (Å²) < 4.78 is 0. The lowest BCUT2D eigenvalue weighted by Crippen LogP contribution is -2.59. The van der Waals surface area contributed by atoms with E-state index in [1.165, 1.54) is 31.2 Å². The predicted molar refractivity (Wildman–Crippen MR) is 127 cm³/mol. The van der Waals surface area contributed by atoms with Crippen molar-refractivity contribution >= 4 is 29.7 Å². The highest BCUT2D eigenvalue weighted by molar-refractivity contribution is 5.95. The minimum atomic E-state index is -1.64. The maximum Gasteiger partial charge on any atom is 0.326 e. The van der Waals surface area contributed by atoms with Gasteiger partial charge in [0.25, 0.3) is 0 Å². The van der Waals surface area contributed by atoms with Crippen molar-refractivity contribution in [2.24, 2.45) is 11.7 Å². The van der Waals surface area contributed by atoms with Crippen LogP contribution in [-0.2, 0) is 30.4 Å². The molecule has 0 bridgehead atoms. The second-order valence-corrected chi connectivity index (χ2v) is 8.89. The molecule has 0 radical (unpaired) electrons. The molecule has 0 spiro atoms. The van der Waals surface area contributed by atoms with E-state index in [1.807, 2.05) is 0 Å². The van der Waals surface area contributed by atoms with E-state index in [0.29, 0.717) is 5.56 Å². The molecule has 1 aromatic carbocycles. The van der Waals surface area contributed by atoms with E-state index in [4.69, 9.17) is 5.73 Å². The molecule has 0 aromatic heterocycles. The number of aromatic hydroxyl groups is 1. The molecule has 200 valence electrons. The van der Waals surface area contributed by atoms with Crippen molar-refractivity contribution in [1.29, 1.82) is 0 Å². The van der Waals surface area contributed by atoms with Gasteiger partial charge in [0.05, 0.1) is 12.5 Å². The molecule has 13 heteroatoms. The summed E-state index contributed by atoms with van der Waals surface area (Å²) in [5.74, 6) is -5.65. The summed E-state index contributed by atoms with van der Waals surface area (Å²) in [5.41, 5.74) is 6.04. The second-order valence-electron chi connectivity index (χ2n) is 8.89. The number of phenols is 1. The number of carbonyl (C=O) groups excluding carboxylic acids is 3. The molecule has 1 rings (SSSR count). The summed E-state index contributed by atoms with van der Waals surface area (Å²) in [7, 11) is 0. The zero-order chi connectivity index (χ0) is 27.6. The number of amides is 3. The molecule has 1 aromatic rings. The Morgan fingerprint density at radius 3 is 1.81 bits per heavy atom. The van der Waals surface area contributed by atoms with Crippen molar-refractivity contribution in [3.05, 3.63) is 29.8 Å². The van der Waals surface area contributed by atoms with Crippen molar-refractivity contribution in [2.75, 3.05) is 0 Å². The summed E-state index contributed by atoms with van der Waals surface area (Å²) in [4.78, 5) is 61.1. The fourth-order valence-corrected chi connectivity index (χ4v) is 3.19. The molecule has 0 aliphatic heterocycles. The van der Waals surface area contributed by atoms with Crippen LogP contribution in [-0.4, -0.2) is 80.4 Å². The number of phenolic OH excluding ortho intramolecular Hbond substituents is 1. The number of benzene rings is 1. The van der Waals surface area contributed by atoms with Crippen LogP contribution in [0, 0.1) is 5.92 Å².